The first-order valence-corrected chi connectivity index (χ1v) is 13.9. The van der Waals surface area contributed by atoms with E-state index < -0.39 is 10.0 Å². The van der Waals surface area contributed by atoms with Crippen LogP contribution in [-0.4, -0.2) is 65.9 Å². The topological polar surface area (TPSA) is 102 Å². The summed E-state index contributed by atoms with van der Waals surface area (Å²) in [4.78, 5) is 11.4. The van der Waals surface area contributed by atoms with Crippen LogP contribution in [0.2, 0.25) is 0 Å². The molecule has 0 N–H and O–H groups in total. The van der Waals surface area contributed by atoms with Crippen LogP contribution in [0.25, 0.3) is 5.57 Å². The number of fused-ring (bicyclic) bond motifs is 1. The van der Waals surface area contributed by atoms with E-state index in [1.54, 1.807) is 0 Å². The number of rotatable bonds is 5. The molecule has 1 fully saturated rings. The van der Waals surface area contributed by atoms with Crippen LogP contribution >= 0.6 is 0 Å². The normalized spacial score (nSPS) is 24.3. The average molecular weight is 488 g/mol. The Morgan fingerprint density at radius 3 is 2.59 bits per heavy atom. The summed E-state index contributed by atoms with van der Waals surface area (Å²) in [5, 5.41) is 4.09. The van der Waals surface area contributed by atoms with Crippen LogP contribution in [0.4, 0.5) is 6.01 Å². The Morgan fingerprint density at radius 1 is 1.21 bits per heavy atom. The molecule has 2 aromatic rings. The van der Waals surface area contributed by atoms with Crippen LogP contribution in [-0.2, 0) is 16.4 Å². The lowest BCUT2D eigenvalue weighted by Gasteiger charge is -2.39. The van der Waals surface area contributed by atoms with Gasteiger partial charge in [-0.3, -0.25) is 4.98 Å². The second kappa shape index (κ2) is 8.64. The van der Waals surface area contributed by atoms with Crippen molar-refractivity contribution in [2.75, 3.05) is 37.3 Å². The second-order valence-electron chi connectivity index (χ2n) is 10.2. The fourth-order valence-corrected chi connectivity index (χ4v) is 6.01. The summed E-state index contributed by atoms with van der Waals surface area (Å²) in [6, 6.07) is 2.75. The van der Waals surface area contributed by atoms with Gasteiger partial charge < -0.3 is 14.2 Å². The number of ether oxygens (including phenoxy) is 1. The number of nitrogens with zero attached hydrogens (tertiary/aromatic N) is 5. The Bertz CT molecular complexity index is 1200. The molecule has 0 aromatic carbocycles. The lowest BCUT2D eigenvalue weighted by Crippen LogP contribution is -2.46. The molecule has 0 radical (unpaired) electrons. The first-order chi connectivity index (χ1) is 16.1. The first-order valence-electron chi connectivity index (χ1n) is 12.0. The van der Waals surface area contributed by atoms with Crippen molar-refractivity contribution in [1.82, 2.24) is 19.4 Å². The molecule has 0 saturated carbocycles. The van der Waals surface area contributed by atoms with E-state index in [-0.39, 0.29) is 11.5 Å². The summed E-state index contributed by atoms with van der Waals surface area (Å²) in [6.45, 7) is 8.96. The maximum Gasteiger partial charge on any atom is 0.324 e. The predicted octanol–water partition coefficient (Wildman–Crippen LogP) is 3.25. The van der Waals surface area contributed by atoms with Crippen molar-refractivity contribution in [2.45, 2.75) is 58.0 Å². The van der Waals surface area contributed by atoms with Gasteiger partial charge in [-0.1, -0.05) is 25.1 Å². The molecule has 3 aliphatic heterocycles. The summed E-state index contributed by atoms with van der Waals surface area (Å²) < 4.78 is 37.0. The summed E-state index contributed by atoms with van der Waals surface area (Å²) in [5.41, 5.74) is 2.94. The van der Waals surface area contributed by atoms with Gasteiger partial charge in [0.05, 0.1) is 18.1 Å². The Kier molecular flexibility index (Phi) is 5.92. The maximum atomic E-state index is 11.8. The van der Waals surface area contributed by atoms with Crippen LogP contribution < -0.4 is 9.64 Å². The third kappa shape index (κ3) is 4.45. The minimum Gasteiger partial charge on any atom is -0.485 e. The molecule has 5 heterocycles. The molecule has 3 aliphatic rings. The van der Waals surface area contributed by atoms with Gasteiger partial charge in [-0.05, 0) is 37.8 Å². The highest BCUT2D eigenvalue weighted by atomic mass is 32.2. The molecule has 184 valence electrons. The predicted molar refractivity (Wildman–Crippen MR) is 129 cm³/mol. The Morgan fingerprint density at radius 2 is 1.97 bits per heavy atom. The highest BCUT2D eigenvalue weighted by Crippen LogP contribution is 2.43. The van der Waals surface area contributed by atoms with Gasteiger partial charge in [0.2, 0.25) is 10.0 Å². The van der Waals surface area contributed by atoms with E-state index >= 15 is 0 Å². The van der Waals surface area contributed by atoms with Gasteiger partial charge in [-0.2, -0.15) is 9.29 Å². The first kappa shape index (κ1) is 23.3. The summed E-state index contributed by atoms with van der Waals surface area (Å²) in [5.74, 6) is 2.28. The van der Waals surface area contributed by atoms with E-state index in [0.717, 1.165) is 55.2 Å². The Labute approximate surface area is 201 Å². The minimum atomic E-state index is -3.16. The fraction of sp³-hybridized carbons (Fsp3) is 0.625. The van der Waals surface area contributed by atoms with Crippen molar-refractivity contribution in [3.63, 3.8) is 0 Å². The average Bonchev–Trinajstić information content (AvgIpc) is 3.43. The summed E-state index contributed by atoms with van der Waals surface area (Å²) >= 11 is 0. The molecule has 0 amide bonds. The highest BCUT2D eigenvalue weighted by molar-refractivity contribution is 7.88. The quantitative estimate of drug-likeness (QED) is 0.633. The lowest BCUT2D eigenvalue weighted by molar-refractivity contribution is 0.0343. The molecule has 9 nitrogen and oxygen atoms in total. The largest absolute Gasteiger partial charge is 0.485 e. The van der Waals surface area contributed by atoms with Gasteiger partial charge in [0, 0.05) is 50.0 Å². The molecule has 5 rings (SSSR count). The van der Waals surface area contributed by atoms with E-state index in [1.807, 2.05) is 12.3 Å². The van der Waals surface area contributed by atoms with Gasteiger partial charge in [0.1, 0.15) is 11.4 Å². The second-order valence-corrected chi connectivity index (χ2v) is 12.2. The molecular weight excluding hydrogens is 454 g/mol. The van der Waals surface area contributed by atoms with Crippen molar-refractivity contribution >= 4 is 21.6 Å². The maximum absolute atomic E-state index is 11.8. The van der Waals surface area contributed by atoms with Crippen molar-refractivity contribution in [2.24, 2.45) is 5.92 Å². The van der Waals surface area contributed by atoms with Gasteiger partial charge in [0.25, 0.3) is 0 Å². The van der Waals surface area contributed by atoms with Crippen LogP contribution in [0.3, 0.4) is 0 Å². The smallest absolute Gasteiger partial charge is 0.324 e. The number of hydrogen-bond acceptors (Lipinski definition) is 8. The van der Waals surface area contributed by atoms with Crippen molar-refractivity contribution in [1.29, 1.82) is 0 Å². The number of aromatic nitrogens is 3. The lowest BCUT2D eigenvalue weighted by atomic mass is 9.79. The monoisotopic (exact) mass is 487 g/mol. The minimum absolute atomic E-state index is 0.251. The van der Waals surface area contributed by atoms with Crippen LogP contribution in [0.1, 0.15) is 63.0 Å². The van der Waals surface area contributed by atoms with Crippen LogP contribution in [0, 0.1) is 5.92 Å². The highest BCUT2D eigenvalue weighted by Gasteiger charge is 2.44. The molecule has 34 heavy (non-hydrogen) atoms. The summed E-state index contributed by atoms with van der Waals surface area (Å²) in [7, 11) is -3.16. The SMILES string of the molecule is CC(C)c1noc(N2CCC([C@]3(C)Cc4cc(C5=CCN(S(C)(=O)=O)CC5)ncc4O3)CC2)n1. The number of pyridine rings is 1. The zero-order valence-corrected chi connectivity index (χ0v) is 21.1. The zero-order chi connectivity index (χ0) is 24.1. The zero-order valence-electron chi connectivity index (χ0n) is 20.3. The van der Waals surface area contributed by atoms with Gasteiger partial charge >= 0.3 is 6.01 Å². The number of hydrogen-bond donors (Lipinski definition) is 0. The van der Waals surface area contributed by atoms with E-state index in [2.05, 4.69) is 46.9 Å². The van der Waals surface area contributed by atoms with E-state index in [9.17, 15) is 8.42 Å². The van der Waals surface area contributed by atoms with Crippen molar-refractivity contribution in [3.8, 4) is 5.75 Å². The van der Waals surface area contributed by atoms with Crippen molar-refractivity contribution < 1.29 is 17.7 Å². The summed E-state index contributed by atoms with van der Waals surface area (Å²) in [6.07, 6.45) is 8.58. The van der Waals surface area contributed by atoms with Gasteiger partial charge in [-0.15, -0.1) is 0 Å². The van der Waals surface area contributed by atoms with Crippen LogP contribution in [0.5, 0.6) is 5.75 Å². The molecule has 10 heteroatoms. The molecule has 0 bridgehead atoms. The number of piperidine rings is 1. The molecule has 1 atom stereocenters. The van der Waals surface area contributed by atoms with Gasteiger partial charge in [-0.25, -0.2) is 8.42 Å². The number of sulfonamides is 1. The van der Waals surface area contributed by atoms with Crippen molar-refractivity contribution in [3.05, 3.63) is 35.4 Å². The molecule has 0 unspecified atom stereocenters. The van der Waals surface area contributed by atoms with Gasteiger partial charge in [0.15, 0.2) is 5.82 Å². The van der Waals surface area contributed by atoms with Crippen LogP contribution in [0.15, 0.2) is 22.9 Å². The molecule has 2 aromatic heterocycles. The molecule has 0 spiro atoms. The molecule has 0 aliphatic carbocycles. The Balaban J connectivity index is 1.24. The number of anilines is 1. The standard InChI is InChI=1S/C24H33N5O4S/c1-16(2)22-26-23(33-27-22)28-9-7-19(8-10-28)24(3)14-18-13-20(25-15-21(18)32-24)17-5-11-29(12-6-17)34(4,30)31/h5,13,15-16,19H,6-12,14H2,1-4H3/t24-/m0/s1. The fourth-order valence-electron chi connectivity index (χ4n) is 5.24. The Hall–Kier alpha value is -2.46. The molecule has 1 saturated heterocycles. The van der Waals surface area contributed by atoms with E-state index in [1.165, 1.54) is 16.1 Å². The van der Waals surface area contributed by atoms with E-state index in [4.69, 9.17) is 9.26 Å². The molecular formula is C24H33N5O4S. The third-order valence-electron chi connectivity index (χ3n) is 7.38. The van der Waals surface area contributed by atoms with E-state index in [0.29, 0.717) is 31.4 Å². The third-order valence-corrected chi connectivity index (χ3v) is 8.65.